The molecule has 0 spiro atoms. The molecule has 0 bridgehead atoms. The van der Waals surface area contributed by atoms with Gasteiger partial charge in [0.2, 0.25) is 4.96 Å². The first kappa shape index (κ1) is 15.9. The fourth-order valence-corrected chi connectivity index (χ4v) is 3.88. The highest BCUT2D eigenvalue weighted by atomic mass is 35.5. The minimum absolute atomic E-state index is 0.344. The molecule has 0 amide bonds. The predicted octanol–water partition coefficient (Wildman–Crippen LogP) is 3.11. The molecule has 0 aliphatic heterocycles. The number of thiazole rings is 1. The van der Waals surface area contributed by atoms with Crippen molar-refractivity contribution in [2.75, 3.05) is 6.61 Å². The van der Waals surface area contributed by atoms with Crippen molar-refractivity contribution in [3.05, 3.63) is 68.5 Å². The summed E-state index contributed by atoms with van der Waals surface area (Å²) in [5.41, 5.74) is -0.0528. The lowest BCUT2D eigenvalue weighted by atomic mass is 10.3. The molecule has 4 aromatic rings. The molecule has 2 aromatic carbocycles. The maximum Gasteiger partial charge on any atom is 0.359 e. The van der Waals surface area contributed by atoms with Crippen LogP contribution in [0.2, 0.25) is 5.02 Å². The minimum Gasteiger partial charge on any atom is -0.494 e. The third-order valence-electron chi connectivity index (χ3n) is 3.71. The van der Waals surface area contributed by atoms with Gasteiger partial charge >= 0.3 is 11.4 Å². The number of hydrogen-bond acceptors (Lipinski definition) is 5. The van der Waals surface area contributed by atoms with Crippen molar-refractivity contribution in [2.45, 2.75) is 6.92 Å². The minimum atomic E-state index is -0.635. The van der Waals surface area contributed by atoms with Crippen LogP contribution >= 0.6 is 22.9 Å². The molecule has 2 heterocycles. The summed E-state index contributed by atoms with van der Waals surface area (Å²) in [5, 5.41) is 0.436. The Morgan fingerprint density at radius 3 is 2.80 bits per heavy atom. The van der Waals surface area contributed by atoms with Crippen molar-refractivity contribution in [1.29, 1.82) is 0 Å². The van der Waals surface area contributed by atoms with Gasteiger partial charge in [-0.3, -0.25) is 0 Å². The van der Waals surface area contributed by atoms with Gasteiger partial charge in [-0.1, -0.05) is 29.0 Å². The summed E-state index contributed by atoms with van der Waals surface area (Å²) < 4.78 is 8.75. The van der Waals surface area contributed by atoms with Crippen LogP contribution in [0.4, 0.5) is 0 Å². The highest BCUT2D eigenvalue weighted by Crippen LogP contribution is 2.27. The summed E-state index contributed by atoms with van der Waals surface area (Å²) in [6.07, 6.45) is 0. The Balaban J connectivity index is 2.05. The Kier molecular flexibility index (Phi) is 3.82. The van der Waals surface area contributed by atoms with Crippen LogP contribution in [0.3, 0.4) is 0 Å². The summed E-state index contributed by atoms with van der Waals surface area (Å²) >= 11 is 7.25. The highest BCUT2D eigenvalue weighted by molar-refractivity contribution is 7.23. The fourth-order valence-electron chi connectivity index (χ4n) is 2.67. The van der Waals surface area contributed by atoms with Crippen LogP contribution in [0.1, 0.15) is 6.92 Å². The zero-order valence-corrected chi connectivity index (χ0v) is 14.7. The van der Waals surface area contributed by atoms with E-state index >= 15 is 0 Å². The third-order valence-corrected chi connectivity index (χ3v) is 4.95. The quantitative estimate of drug-likeness (QED) is 0.553. The number of halogens is 1. The van der Waals surface area contributed by atoms with Crippen molar-refractivity contribution in [3.8, 4) is 11.4 Å². The third kappa shape index (κ3) is 2.61. The molecule has 126 valence electrons. The van der Waals surface area contributed by atoms with Crippen LogP contribution in [0.25, 0.3) is 20.9 Å². The largest absolute Gasteiger partial charge is 0.494 e. The van der Waals surface area contributed by atoms with E-state index in [0.717, 1.165) is 9.27 Å². The Bertz CT molecular complexity index is 1230. The number of hydrogen-bond donors (Lipinski definition) is 0. The SMILES string of the molecule is CCOc1ccc2c(c1)sc1nc(=O)n(-c3cccc(Cl)c3)c(=O)n12. The summed E-state index contributed by atoms with van der Waals surface area (Å²) in [6.45, 7) is 2.45. The van der Waals surface area contributed by atoms with Gasteiger partial charge in [-0.05, 0) is 43.3 Å². The fraction of sp³-hybridized carbons (Fsp3) is 0.118. The molecule has 0 aliphatic rings. The van der Waals surface area contributed by atoms with Gasteiger partial charge in [0.05, 0.1) is 22.5 Å². The van der Waals surface area contributed by atoms with Crippen LogP contribution in [0.5, 0.6) is 5.75 Å². The Hall–Kier alpha value is -2.64. The van der Waals surface area contributed by atoms with E-state index in [1.165, 1.54) is 15.7 Å². The molecule has 0 radical (unpaired) electrons. The normalized spacial score (nSPS) is 11.3. The second kappa shape index (κ2) is 6.02. The predicted molar refractivity (Wildman–Crippen MR) is 98.6 cm³/mol. The molecule has 0 aliphatic carbocycles. The zero-order valence-electron chi connectivity index (χ0n) is 13.1. The lowest BCUT2D eigenvalue weighted by molar-refractivity contribution is 0.341. The first-order valence-corrected chi connectivity index (χ1v) is 8.75. The van der Waals surface area contributed by atoms with Crippen molar-refractivity contribution in [3.63, 3.8) is 0 Å². The first-order chi connectivity index (χ1) is 12.1. The van der Waals surface area contributed by atoms with Gasteiger partial charge in [0.25, 0.3) is 0 Å². The number of benzene rings is 2. The average Bonchev–Trinajstić information content (AvgIpc) is 2.92. The molecule has 0 fully saturated rings. The molecule has 0 atom stereocenters. The van der Waals surface area contributed by atoms with E-state index < -0.39 is 11.4 Å². The van der Waals surface area contributed by atoms with Crippen LogP contribution in [0, 0.1) is 0 Å². The van der Waals surface area contributed by atoms with Gasteiger partial charge in [0.1, 0.15) is 5.75 Å². The molecule has 2 aromatic heterocycles. The molecular weight excluding hydrogens is 362 g/mol. The number of nitrogens with zero attached hydrogens (tertiary/aromatic N) is 3. The van der Waals surface area contributed by atoms with E-state index in [9.17, 15) is 9.59 Å². The lowest BCUT2D eigenvalue weighted by Gasteiger charge is -2.05. The van der Waals surface area contributed by atoms with Crippen LogP contribution in [0.15, 0.2) is 52.1 Å². The summed E-state index contributed by atoms with van der Waals surface area (Å²) in [7, 11) is 0. The van der Waals surface area contributed by atoms with Gasteiger partial charge in [-0.15, -0.1) is 0 Å². The first-order valence-electron chi connectivity index (χ1n) is 7.55. The molecule has 4 rings (SSSR count). The van der Waals surface area contributed by atoms with E-state index in [0.29, 0.717) is 33.5 Å². The number of rotatable bonds is 3. The molecule has 0 saturated carbocycles. The Morgan fingerprint density at radius 1 is 1.20 bits per heavy atom. The molecule has 0 N–H and O–H groups in total. The van der Waals surface area contributed by atoms with E-state index in [4.69, 9.17) is 16.3 Å². The van der Waals surface area contributed by atoms with Crippen LogP contribution < -0.4 is 16.1 Å². The maximum absolute atomic E-state index is 13.0. The maximum atomic E-state index is 13.0. The number of aromatic nitrogens is 3. The topological polar surface area (TPSA) is 65.6 Å². The summed E-state index contributed by atoms with van der Waals surface area (Å²) in [4.78, 5) is 29.8. The molecule has 6 nitrogen and oxygen atoms in total. The van der Waals surface area contributed by atoms with Crippen LogP contribution in [-0.2, 0) is 0 Å². The zero-order chi connectivity index (χ0) is 17.6. The lowest BCUT2D eigenvalue weighted by Crippen LogP contribution is -2.37. The Morgan fingerprint density at radius 2 is 2.04 bits per heavy atom. The Labute approximate surface area is 150 Å². The molecule has 0 unspecified atom stereocenters. The molecule has 8 heteroatoms. The van der Waals surface area contributed by atoms with Crippen LogP contribution in [-0.4, -0.2) is 20.6 Å². The second-order valence-corrected chi connectivity index (χ2v) is 6.72. The smallest absolute Gasteiger partial charge is 0.359 e. The van der Waals surface area contributed by atoms with Crippen molar-refractivity contribution in [1.82, 2.24) is 14.0 Å². The van der Waals surface area contributed by atoms with Crippen molar-refractivity contribution >= 4 is 38.1 Å². The van der Waals surface area contributed by atoms with Gasteiger partial charge in [-0.2, -0.15) is 4.98 Å². The molecule has 0 saturated heterocycles. The standard InChI is InChI=1S/C17H12ClN3O3S/c1-2-24-12-6-7-13-14(9-12)25-16-19-15(22)20(17(23)21(13)16)11-5-3-4-10(18)8-11/h3-9H,2H2,1H3. The highest BCUT2D eigenvalue weighted by Gasteiger charge is 2.15. The summed E-state index contributed by atoms with van der Waals surface area (Å²) in [6, 6.07) is 12.0. The molecule has 25 heavy (non-hydrogen) atoms. The van der Waals surface area contributed by atoms with E-state index in [1.54, 1.807) is 36.4 Å². The number of fused-ring (bicyclic) bond motifs is 3. The van der Waals surface area contributed by atoms with Gasteiger partial charge < -0.3 is 4.74 Å². The van der Waals surface area contributed by atoms with E-state index in [1.807, 2.05) is 13.0 Å². The molecular formula is C17H12ClN3O3S. The van der Waals surface area contributed by atoms with Crippen molar-refractivity contribution in [2.24, 2.45) is 0 Å². The van der Waals surface area contributed by atoms with E-state index in [-0.39, 0.29) is 0 Å². The summed E-state index contributed by atoms with van der Waals surface area (Å²) in [5.74, 6) is 0.708. The monoisotopic (exact) mass is 373 g/mol. The van der Waals surface area contributed by atoms with Crippen molar-refractivity contribution < 1.29 is 4.74 Å². The van der Waals surface area contributed by atoms with Gasteiger partial charge in [0.15, 0.2) is 0 Å². The van der Waals surface area contributed by atoms with Gasteiger partial charge in [-0.25, -0.2) is 18.6 Å². The second-order valence-electron chi connectivity index (χ2n) is 5.27. The average molecular weight is 374 g/mol. The number of ether oxygens (including phenoxy) is 1. The van der Waals surface area contributed by atoms with Gasteiger partial charge in [0, 0.05) is 5.02 Å². The van der Waals surface area contributed by atoms with E-state index in [2.05, 4.69) is 4.98 Å².